The summed E-state index contributed by atoms with van der Waals surface area (Å²) in [5.41, 5.74) is 6.04. The Bertz CT molecular complexity index is 574. The predicted molar refractivity (Wildman–Crippen MR) is 89.6 cm³/mol. The van der Waals surface area contributed by atoms with Gasteiger partial charge in [-0.15, -0.1) is 0 Å². The quantitative estimate of drug-likeness (QED) is 0.823. The number of hydrogen-bond donors (Lipinski definition) is 1. The van der Waals surface area contributed by atoms with E-state index in [-0.39, 0.29) is 0 Å². The number of rotatable bonds is 6. The molecular formula is C20H25N. The Morgan fingerprint density at radius 2 is 1.81 bits per heavy atom. The van der Waals surface area contributed by atoms with Crippen LogP contribution in [-0.4, -0.2) is 6.54 Å². The molecule has 21 heavy (non-hydrogen) atoms. The Kier molecular flexibility index (Phi) is 4.72. The molecule has 0 spiro atoms. The maximum absolute atomic E-state index is 3.66. The molecule has 1 atom stereocenters. The van der Waals surface area contributed by atoms with Gasteiger partial charge < -0.3 is 5.32 Å². The molecule has 110 valence electrons. The van der Waals surface area contributed by atoms with Crippen LogP contribution in [0.3, 0.4) is 0 Å². The fourth-order valence-electron chi connectivity index (χ4n) is 3.40. The van der Waals surface area contributed by atoms with Gasteiger partial charge in [0.05, 0.1) is 0 Å². The van der Waals surface area contributed by atoms with Crippen molar-refractivity contribution >= 4 is 0 Å². The van der Waals surface area contributed by atoms with Crippen molar-refractivity contribution in [1.82, 2.24) is 5.32 Å². The van der Waals surface area contributed by atoms with E-state index in [0.717, 1.165) is 19.4 Å². The summed E-state index contributed by atoms with van der Waals surface area (Å²) < 4.78 is 0. The van der Waals surface area contributed by atoms with Crippen molar-refractivity contribution in [3.8, 4) is 0 Å². The summed E-state index contributed by atoms with van der Waals surface area (Å²) in [5.74, 6) is 0. The van der Waals surface area contributed by atoms with Crippen molar-refractivity contribution in [3.05, 3.63) is 70.8 Å². The number of benzene rings is 2. The summed E-state index contributed by atoms with van der Waals surface area (Å²) in [6.45, 7) is 3.22. The van der Waals surface area contributed by atoms with E-state index in [4.69, 9.17) is 0 Å². The Morgan fingerprint density at radius 3 is 2.62 bits per heavy atom. The van der Waals surface area contributed by atoms with E-state index in [0.29, 0.717) is 6.04 Å². The van der Waals surface area contributed by atoms with Crippen LogP contribution in [-0.2, 0) is 19.3 Å². The van der Waals surface area contributed by atoms with Gasteiger partial charge in [0.2, 0.25) is 0 Å². The normalized spacial score (nSPS) is 14.9. The summed E-state index contributed by atoms with van der Waals surface area (Å²) in [6.07, 6.45) is 6.16. The van der Waals surface area contributed by atoms with Gasteiger partial charge in [-0.3, -0.25) is 0 Å². The second-order valence-corrected chi connectivity index (χ2v) is 6.02. The van der Waals surface area contributed by atoms with Gasteiger partial charge in [0.25, 0.3) is 0 Å². The van der Waals surface area contributed by atoms with Crippen molar-refractivity contribution in [2.24, 2.45) is 0 Å². The molecule has 0 heterocycles. The maximum atomic E-state index is 3.66. The molecule has 0 radical (unpaired) electrons. The average Bonchev–Trinajstić information content (AvgIpc) is 3.00. The van der Waals surface area contributed by atoms with Gasteiger partial charge in [0.15, 0.2) is 0 Å². The minimum atomic E-state index is 0.473. The second-order valence-electron chi connectivity index (χ2n) is 6.02. The van der Waals surface area contributed by atoms with E-state index in [9.17, 15) is 0 Å². The third kappa shape index (κ3) is 3.54. The van der Waals surface area contributed by atoms with E-state index in [2.05, 4.69) is 60.8 Å². The number of nitrogens with one attached hydrogen (secondary N) is 1. The molecule has 0 aromatic heterocycles. The average molecular weight is 279 g/mol. The first-order valence-electron chi connectivity index (χ1n) is 8.26. The van der Waals surface area contributed by atoms with E-state index in [1.54, 1.807) is 11.1 Å². The molecule has 2 aromatic carbocycles. The van der Waals surface area contributed by atoms with Gasteiger partial charge >= 0.3 is 0 Å². The standard InChI is InChI=1S/C20H25N/c1-2-21-20(14-11-16-7-4-3-5-8-16)19-13-12-17-9-6-10-18(17)15-19/h3-5,7-8,12-13,15,20-21H,2,6,9-11,14H2,1H3. The first kappa shape index (κ1) is 14.3. The van der Waals surface area contributed by atoms with Crippen LogP contribution in [0.25, 0.3) is 0 Å². The summed E-state index contributed by atoms with van der Waals surface area (Å²) in [5, 5.41) is 3.66. The lowest BCUT2D eigenvalue weighted by molar-refractivity contribution is 0.515. The van der Waals surface area contributed by atoms with Crippen molar-refractivity contribution in [1.29, 1.82) is 0 Å². The van der Waals surface area contributed by atoms with Crippen LogP contribution in [0.15, 0.2) is 48.5 Å². The van der Waals surface area contributed by atoms with Crippen LogP contribution in [0.2, 0.25) is 0 Å². The second kappa shape index (κ2) is 6.91. The molecule has 2 aromatic rings. The van der Waals surface area contributed by atoms with E-state index < -0.39 is 0 Å². The molecule has 0 bridgehead atoms. The zero-order chi connectivity index (χ0) is 14.5. The minimum Gasteiger partial charge on any atom is -0.310 e. The fourth-order valence-corrected chi connectivity index (χ4v) is 3.40. The van der Waals surface area contributed by atoms with Gasteiger partial charge in [0, 0.05) is 6.04 Å². The zero-order valence-corrected chi connectivity index (χ0v) is 12.9. The van der Waals surface area contributed by atoms with Crippen LogP contribution in [0.4, 0.5) is 0 Å². The lowest BCUT2D eigenvalue weighted by Crippen LogP contribution is -2.21. The van der Waals surface area contributed by atoms with Crippen LogP contribution >= 0.6 is 0 Å². The molecule has 1 unspecified atom stereocenters. The summed E-state index contributed by atoms with van der Waals surface area (Å²) in [6, 6.07) is 18.4. The molecule has 1 heteroatoms. The third-order valence-corrected chi connectivity index (χ3v) is 4.54. The van der Waals surface area contributed by atoms with Crippen LogP contribution < -0.4 is 5.32 Å². The van der Waals surface area contributed by atoms with E-state index in [1.165, 1.54) is 30.4 Å². The molecule has 0 aliphatic heterocycles. The fraction of sp³-hybridized carbons (Fsp3) is 0.400. The molecule has 0 saturated heterocycles. The highest BCUT2D eigenvalue weighted by Crippen LogP contribution is 2.27. The summed E-state index contributed by atoms with van der Waals surface area (Å²) in [4.78, 5) is 0. The maximum Gasteiger partial charge on any atom is 0.0323 e. The molecule has 0 amide bonds. The highest BCUT2D eigenvalue weighted by molar-refractivity contribution is 5.36. The van der Waals surface area contributed by atoms with Crippen molar-refractivity contribution in [2.75, 3.05) is 6.54 Å². The van der Waals surface area contributed by atoms with Crippen LogP contribution in [0.5, 0.6) is 0 Å². The SMILES string of the molecule is CCNC(CCc1ccccc1)c1ccc2c(c1)CCC2. The monoisotopic (exact) mass is 279 g/mol. The van der Waals surface area contributed by atoms with Gasteiger partial charge in [-0.2, -0.15) is 0 Å². The lowest BCUT2D eigenvalue weighted by Gasteiger charge is -2.19. The number of hydrogen-bond acceptors (Lipinski definition) is 1. The lowest BCUT2D eigenvalue weighted by atomic mass is 9.96. The Hall–Kier alpha value is -1.60. The zero-order valence-electron chi connectivity index (χ0n) is 12.9. The molecule has 0 fully saturated rings. The Morgan fingerprint density at radius 1 is 1.00 bits per heavy atom. The van der Waals surface area contributed by atoms with Crippen molar-refractivity contribution < 1.29 is 0 Å². The minimum absolute atomic E-state index is 0.473. The Balaban J connectivity index is 1.72. The highest BCUT2D eigenvalue weighted by Gasteiger charge is 2.15. The highest BCUT2D eigenvalue weighted by atomic mass is 14.9. The summed E-state index contributed by atoms with van der Waals surface area (Å²) in [7, 11) is 0. The molecule has 1 aliphatic rings. The molecule has 1 nitrogen and oxygen atoms in total. The van der Waals surface area contributed by atoms with Gasteiger partial charge in [-0.25, -0.2) is 0 Å². The van der Waals surface area contributed by atoms with E-state index >= 15 is 0 Å². The predicted octanol–water partition coefficient (Wildman–Crippen LogP) is 4.46. The molecule has 1 aliphatic carbocycles. The molecule has 1 N–H and O–H groups in total. The molecular weight excluding hydrogens is 254 g/mol. The van der Waals surface area contributed by atoms with Crippen LogP contribution in [0, 0.1) is 0 Å². The van der Waals surface area contributed by atoms with Crippen molar-refractivity contribution in [3.63, 3.8) is 0 Å². The molecule has 3 rings (SSSR count). The first-order chi connectivity index (χ1) is 10.4. The molecule has 0 saturated carbocycles. The topological polar surface area (TPSA) is 12.0 Å². The largest absolute Gasteiger partial charge is 0.310 e. The third-order valence-electron chi connectivity index (χ3n) is 4.54. The smallest absolute Gasteiger partial charge is 0.0323 e. The van der Waals surface area contributed by atoms with E-state index in [1.807, 2.05) is 0 Å². The number of aryl methyl sites for hydroxylation is 3. The van der Waals surface area contributed by atoms with Gasteiger partial charge in [-0.05, 0) is 60.9 Å². The van der Waals surface area contributed by atoms with Gasteiger partial charge in [-0.1, -0.05) is 55.5 Å². The van der Waals surface area contributed by atoms with Crippen molar-refractivity contribution in [2.45, 2.75) is 45.1 Å². The van der Waals surface area contributed by atoms with Crippen LogP contribution in [0.1, 0.15) is 48.1 Å². The Labute approximate surface area is 128 Å². The first-order valence-corrected chi connectivity index (χ1v) is 8.26. The van der Waals surface area contributed by atoms with Gasteiger partial charge in [0.1, 0.15) is 0 Å². The summed E-state index contributed by atoms with van der Waals surface area (Å²) >= 11 is 0. The number of fused-ring (bicyclic) bond motifs is 1.